The van der Waals surface area contributed by atoms with E-state index >= 15 is 0 Å². The highest BCUT2D eigenvalue weighted by molar-refractivity contribution is 7.92. The number of amides is 1. The van der Waals surface area contributed by atoms with Crippen LogP contribution >= 0.6 is 0 Å². The predicted molar refractivity (Wildman–Crippen MR) is 102 cm³/mol. The van der Waals surface area contributed by atoms with Crippen molar-refractivity contribution in [1.29, 1.82) is 0 Å². The van der Waals surface area contributed by atoms with Gasteiger partial charge in [-0.25, -0.2) is 8.42 Å². The van der Waals surface area contributed by atoms with Gasteiger partial charge in [0, 0.05) is 24.7 Å². The summed E-state index contributed by atoms with van der Waals surface area (Å²) in [6.07, 6.45) is 0. The third-order valence-electron chi connectivity index (χ3n) is 4.44. The van der Waals surface area contributed by atoms with E-state index in [9.17, 15) is 23.3 Å². The number of para-hydroxylation sites is 1. The van der Waals surface area contributed by atoms with Crippen molar-refractivity contribution in [3.05, 3.63) is 63.7 Å². The molecule has 1 heterocycles. The van der Waals surface area contributed by atoms with Crippen molar-refractivity contribution in [2.75, 3.05) is 31.0 Å². The van der Waals surface area contributed by atoms with Crippen LogP contribution in [0.15, 0.2) is 47.4 Å². The number of sulfonamides is 1. The fourth-order valence-corrected chi connectivity index (χ4v) is 4.33. The average Bonchev–Trinajstić information content (AvgIpc) is 2.68. The van der Waals surface area contributed by atoms with Gasteiger partial charge in [-0.15, -0.1) is 0 Å². The summed E-state index contributed by atoms with van der Waals surface area (Å²) in [7, 11) is -4.14. The first kappa shape index (κ1) is 19.8. The fraction of sp³-hybridized carbons (Fsp3) is 0.278. The molecule has 0 spiro atoms. The molecule has 1 saturated heterocycles. The van der Waals surface area contributed by atoms with Gasteiger partial charge in [-0.1, -0.05) is 18.2 Å². The zero-order valence-corrected chi connectivity index (χ0v) is 15.9. The first-order valence-electron chi connectivity index (χ1n) is 8.54. The van der Waals surface area contributed by atoms with Crippen LogP contribution in [-0.4, -0.2) is 50.5 Å². The molecule has 1 fully saturated rings. The number of hydrogen-bond acceptors (Lipinski definition) is 6. The SMILES string of the molecule is Cc1c([N+](=O)[O-])cccc1S(=O)(=O)Nc1ccccc1C(=O)N1CCOCC1. The molecule has 0 saturated carbocycles. The Bertz CT molecular complexity index is 1020. The molecule has 148 valence electrons. The van der Waals surface area contributed by atoms with Gasteiger partial charge in [-0.05, 0) is 25.1 Å². The number of hydrogen-bond donors (Lipinski definition) is 1. The molecule has 0 aliphatic carbocycles. The van der Waals surface area contributed by atoms with E-state index in [0.717, 1.165) is 0 Å². The zero-order chi connectivity index (χ0) is 20.3. The van der Waals surface area contributed by atoms with E-state index in [2.05, 4.69) is 4.72 Å². The fourth-order valence-electron chi connectivity index (χ4n) is 2.99. The van der Waals surface area contributed by atoms with Gasteiger partial charge in [-0.2, -0.15) is 0 Å². The quantitative estimate of drug-likeness (QED) is 0.601. The molecule has 0 unspecified atom stereocenters. The van der Waals surface area contributed by atoms with Crippen LogP contribution in [0.1, 0.15) is 15.9 Å². The Hall–Kier alpha value is -2.98. The third-order valence-corrected chi connectivity index (χ3v) is 5.95. The van der Waals surface area contributed by atoms with Crippen molar-refractivity contribution >= 4 is 27.3 Å². The number of carbonyl (C=O) groups is 1. The molecule has 2 aromatic carbocycles. The maximum atomic E-state index is 12.9. The summed E-state index contributed by atoms with van der Waals surface area (Å²) < 4.78 is 33.4. The molecule has 0 aromatic heterocycles. The van der Waals surface area contributed by atoms with Gasteiger partial charge in [0.15, 0.2) is 0 Å². The van der Waals surface area contributed by atoms with Crippen molar-refractivity contribution in [2.45, 2.75) is 11.8 Å². The van der Waals surface area contributed by atoms with E-state index in [1.165, 1.54) is 37.3 Å². The van der Waals surface area contributed by atoms with Crippen LogP contribution in [0.25, 0.3) is 0 Å². The number of nitrogens with zero attached hydrogens (tertiary/aromatic N) is 2. The van der Waals surface area contributed by atoms with Crippen LogP contribution in [0.2, 0.25) is 0 Å². The Morgan fingerprint density at radius 3 is 2.50 bits per heavy atom. The maximum absolute atomic E-state index is 12.9. The number of morpholine rings is 1. The van der Waals surface area contributed by atoms with Crippen LogP contribution in [0.4, 0.5) is 11.4 Å². The summed E-state index contributed by atoms with van der Waals surface area (Å²) in [5.74, 6) is -0.308. The van der Waals surface area contributed by atoms with Gasteiger partial charge in [0.1, 0.15) is 0 Å². The van der Waals surface area contributed by atoms with Crippen LogP contribution < -0.4 is 4.72 Å². The van der Waals surface area contributed by atoms with Crippen molar-refractivity contribution in [2.24, 2.45) is 0 Å². The minimum atomic E-state index is -4.14. The van der Waals surface area contributed by atoms with Gasteiger partial charge in [0.2, 0.25) is 0 Å². The average molecular weight is 405 g/mol. The lowest BCUT2D eigenvalue weighted by molar-refractivity contribution is -0.385. The maximum Gasteiger partial charge on any atom is 0.273 e. The first-order chi connectivity index (χ1) is 13.3. The first-order valence-corrected chi connectivity index (χ1v) is 10.0. The van der Waals surface area contributed by atoms with Gasteiger partial charge in [-0.3, -0.25) is 19.6 Å². The van der Waals surface area contributed by atoms with E-state index in [1.54, 1.807) is 17.0 Å². The Labute approximate surface area is 162 Å². The number of ether oxygens (including phenoxy) is 1. The molecule has 0 bridgehead atoms. The number of nitrogens with one attached hydrogen (secondary N) is 1. The number of carbonyl (C=O) groups excluding carboxylic acids is 1. The van der Waals surface area contributed by atoms with Crippen LogP contribution in [0, 0.1) is 17.0 Å². The van der Waals surface area contributed by atoms with Crippen LogP contribution in [0.5, 0.6) is 0 Å². The molecule has 1 aliphatic heterocycles. The lowest BCUT2D eigenvalue weighted by atomic mass is 10.1. The molecule has 9 nitrogen and oxygen atoms in total. The molecular weight excluding hydrogens is 386 g/mol. The summed E-state index contributed by atoms with van der Waals surface area (Å²) in [4.78, 5) is 24.7. The molecule has 0 atom stereocenters. The predicted octanol–water partition coefficient (Wildman–Crippen LogP) is 2.18. The Morgan fingerprint density at radius 2 is 1.82 bits per heavy atom. The molecule has 2 aromatic rings. The molecule has 3 rings (SSSR count). The molecule has 0 radical (unpaired) electrons. The van der Waals surface area contributed by atoms with E-state index in [1.807, 2.05) is 0 Å². The lowest BCUT2D eigenvalue weighted by Gasteiger charge is -2.27. The third kappa shape index (κ3) is 3.97. The minimum Gasteiger partial charge on any atom is -0.378 e. The molecule has 28 heavy (non-hydrogen) atoms. The van der Waals surface area contributed by atoms with Crippen molar-refractivity contribution in [1.82, 2.24) is 4.90 Å². The van der Waals surface area contributed by atoms with Crippen molar-refractivity contribution in [3.63, 3.8) is 0 Å². The number of rotatable bonds is 5. The molecular formula is C18H19N3O6S. The zero-order valence-electron chi connectivity index (χ0n) is 15.1. The minimum absolute atomic E-state index is 0.0250. The summed E-state index contributed by atoms with van der Waals surface area (Å²) in [6.45, 7) is 3.06. The standard InChI is InChI=1S/C18H19N3O6S/c1-13-16(21(23)24)7-4-8-17(13)28(25,26)19-15-6-3-2-5-14(15)18(22)20-9-11-27-12-10-20/h2-8,19H,9-12H2,1H3. The van der Waals surface area contributed by atoms with E-state index in [-0.39, 0.29) is 33.3 Å². The van der Waals surface area contributed by atoms with Gasteiger partial charge >= 0.3 is 0 Å². The highest BCUT2D eigenvalue weighted by atomic mass is 32.2. The van der Waals surface area contributed by atoms with Crippen molar-refractivity contribution < 1.29 is 22.9 Å². The van der Waals surface area contributed by atoms with Crippen molar-refractivity contribution in [3.8, 4) is 0 Å². The number of benzene rings is 2. The summed E-state index contributed by atoms with van der Waals surface area (Å²) in [5, 5.41) is 11.1. The second-order valence-corrected chi connectivity index (χ2v) is 7.86. The second-order valence-electron chi connectivity index (χ2n) is 6.21. The molecule has 1 aliphatic rings. The largest absolute Gasteiger partial charge is 0.378 e. The van der Waals surface area contributed by atoms with Crippen LogP contribution in [0.3, 0.4) is 0 Å². The summed E-state index contributed by atoms with van der Waals surface area (Å²) in [5.41, 5.74) is 0.0542. The lowest BCUT2D eigenvalue weighted by Crippen LogP contribution is -2.41. The molecule has 1 N–H and O–H groups in total. The van der Waals surface area contributed by atoms with E-state index < -0.39 is 14.9 Å². The van der Waals surface area contributed by atoms with E-state index in [4.69, 9.17) is 4.74 Å². The summed E-state index contributed by atoms with van der Waals surface area (Å²) >= 11 is 0. The smallest absolute Gasteiger partial charge is 0.273 e. The highest BCUT2D eigenvalue weighted by Crippen LogP contribution is 2.28. The number of nitro benzene ring substituents is 1. The normalized spacial score (nSPS) is 14.5. The van der Waals surface area contributed by atoms with E-state index in [0.29, 0.717) is 26.3 Å². The van der Waals surface area contributed by atoms with Gasteiger partial charge in [0.25, 0.3) is 21.6 Å². The van der Waals surface area contributed by atoms with Gasteiger partial charge < -0.3 is 9.64 Å². The number of nitro groups is 1. The Balaban J connectivity index is 1.95. The van der Waals surface area contributed by atoms with Gasteiger partial charge in [0.05, 0.1) is 34.3 Å². The highest BCUT2D eigenvalue weighted by Gasteiger charge is 2.26. The summed E-state index contributed by atoms with van der Waals surface area (Å²) in [6, 6.07) is 10.1. The van der Waals surface area contributed by atoms with Crippen LogP contribution in [-0.2, 0) is 14.8 Å². The topological polar surface area (TPSA) is 119 Å². The number of anilines is 1. The Morgan fingerprint density at radius 1 is 1.14 bits per heavy atom. The monoisotopic (exact) mass is 405 g/mol. The molecule has 10 heteroatoms. The molecule has 1 amide bonds. The second kappa shape index (κ2) is 7.95. The Kier molecular flexibility index (Phi) is 5.61.